The first kappa shape index (κ1) is 13.2. The third kappa shape index (κ3) is 3.37. The van der Waals surface area contributed by atoms with Gasteiger partial charge in [-0.05, 0) is 43.7 Å². The van der Waals surface area contributed by atoms with Crippen LogP contribution < -0.4 is 5.32 Å². The molecular formula is C17H23N. The van der Waals surface area contributed by atoms with E-state index >= 15 is 0 Å². The van der Waals surface area contributed by atoms with Crippen LogP contribution in [0.2, 0.25) is 0 Å². The Morgan fingerprint density at radius 3 is 2.78 bits per heavy atom. The van der Waals surface area contributed by atoms with Crippen molar-refractivity contribution in [1.82, 2.24) is 5.32 Å². The van der Waals surface area contributed by atoms with Crippen LogP contribution in [0, 0.1) is 17.8 Å². The average Bonchev–Trinajstić information content (AvgIpc) is 3.20. The molecule has 1 aromatic carbocycles. The number of hydrogen-bond donors (Lipinski definition) is 1. The van der Waals surface area contributed by atoms with Crippen molar-refractivity contribution in [3.8, 4) is 11.8 Å². The van der Waals surface area contributed by atoms with Crippen LogP contribution in [0.15, 0.2) is 30.3 Å². The van der Waals surface area contributed by atoms with Gasteiger partial charge < -0.3 is 5.32 Å². The van der Waals surface area contributed by atoms with E-state index in [1.165, 1.54) is 18.4 Å². The molecule has 96 valence electrons. The van der Waals surface area contributed by atoms with Crippen LogP contribution in [-0.2, 0) is 0 Å². The van der Waals surface area contributed by atoms with E-state index in [9.17, 15) is 0 Å². The minimum absolute atomic E-state index is 0.572. The van der Waals surface area contributed by atoms with Gasteiger partial charge in [-0.25, -0.2) is 0 Å². The van der Waals surface area contributed by atoms with Gasteiger partial charge in [-0.15, -0.1) is 11.8 Å². The standard InChI is InChI=1S/C17H23N/c1-3-5-11-17(18-12-4-2)16-13-15(16)14-9-7-6-8-10-14/h6-10,15-18H,4,11-13H2,1-2H3. The molecule has 0 spiro atoms. The Kier molecular flexibility index (Phi) is 4.84. The highest BCUT2D eigenvalue weighted by Crippen LogP contribution is 2.50. The Hall–Kier alpha value is -1.26. The van der Waals surface area contributed by atoms with Crippen molar-refractivity contribution in [2.45, 2.75) is 45.1 Å². The van der Waals surface area contributed by atoms with E-state index in [2.05, 4.69) is 54.4 Å². The Labute approximate surface area is 111 Å². The maximum absolute atomic E-state index is 3.66. The monoisotopic (exact) mass is 241 g/mol. The Morgan fingerprint density at radius 1 is 1.33 bits per heavy atom. The zero-order chi connectivity index (χ0) is 12.8. The maximum Gasteiger partial charge on any atom is 0.0246 e. The topological polar surface area (TPSA) is 12.0 Å². The van der Waals surface area contributed by atoms with E-state index in [-0.39, 0.29) is 0 Å². The lowest BCUT2D eigenvalue weighted by Gasteiger charge is -2.16. The van der Waals surface area contributed by atoms with Gasteiger partial charge in [0.2, 0.25) is 0 Å². The second kappa shape index (κ2) is 6.61. The molecule has 1 fully saturated rings. The summed E-state index contributed by atoms with van der Waals surface area (Å²) in [5.74, 6) is 7.79. The maximum atomic E-state index is 3.66. The quantitative estimate of drug-likeness (QED) is 0.751. The molecular weight excluding hydrogens is 218 g/mol. The van der Waals surface area contributed by atoms with Gasteiger partial charge in [-0.3, -0.25) is 0 Å². The number of nitrogens with one attached hydrogen (secondary N) is 1. The van der Waals surface area contributed by atoms with Gasteiger partial charge in [0, 0.05) is 12.5 Å². The van der Waals surface area contributed by atoms with E-state index < -0.39 is 0 Å². The van der Waals surface area contributed by atoms with Crippen LogP contribution in [-0.4, -0.2) is 12.6 Å². The van der Waals surface area contributed by atoms with Gasteiger partial charge in [0.05, 0.1) is 0 Å². The molecule has 1 N–H and O–H groups in total. The molecule has 0 bridgehead atoms. The van der Waals surface area contributed by atoms with Crippen molar-refractivity contribution < 1.29 is 0 Å². The van der Waals surface area contributed by atoms with Gasteiger partial charge in [-0.1, -0.05) is 37.3 Å². The van der Waals surface area contributed by atoms with Crippen molar-refractivity contribution in [2.24, 2.45) is 5.92 Å². The summed E-state index contributed by atoms with van der Waals surface area (Å²) in [4.78, 5) is 0. The molecule has 1 aromatic rings. The van der Waals surface area contributed by atoms with Gasteiger partial charge in [0.1, 0.15) is 0 Å². The molecule has 3 atom stereocenters. The van der Waals surface area contributed by atoms with Crippen molar-refractivity contribution >= 4 is 0 Å². The fourth-order valence-corrected chi connectivity index (χ4v) is 2.66. The van der Waals surface area contributed by atoms with E-state index in [4.69, 9.17) is 0 Å². The van der Waals surface area contributed by atoms with Crippen LogP contribution >= 0.6 is 0 Å². The van der Waals surface area contributed by atoms with Gasteiger partial charge in [0.15, 0.2) is 0 Å². The molecule has 1 aliphatic carbocycles. The van der Waals surface area contributed by atoms with Crippen molar-refractivity contribution in [3.63, 3.8) is 0 Å². The number of benzene rings is 1. The number of rotatable bonds is 6. The van der Waals surface area contributed by atoms with E-state index in [0.29, 0.717) is 6.04 Å². The summed E-state index contributed by atoms with van der Waals surface area (Å²) in [7, 11) is 0. The van der Waals surface area contributed by atoms with Crippen LogP contribution in [0.1, 0.15) is 44.6 Å². The van der Waals surface area contributed by atoms with Gasteiger partial charge >= 0.3 is 0 Å². The molecule has 0 heterocycles. The van der Waals surface area contributed by atoms with Crippen LogP contribution in [0.5, 0.6) is 0 Å². The van der Waals surface area contributed by atoms with Gasteiger partial charge in [0.25, 0.3) is 0 Å². The smallest absolute Gasteiger partial charge is 0.0246 e. The Morgan fingerprint density at radius 2 is 2.11 bits per heavy atom. The largest absolute Gasteiger partial charge is 0.313 e. The van der Waals surface area contributed by atoms with Crippen LogP contribution in [0.25, 0.3) is 0 Å². The zero-order valence-corrected chi connectivity index (χ0v) is 11.4. The summed E-state index contributed by atoms with van der Waals surface area (Å²) in [6, 6.07) is 11.5. The summed E-state index contributed by atoms with van der Waals surface area (Å²) in [6.45, 7) is 5.25. The summed E-state index contributed by atoms with van der Waals surface area (Å²) in [6.07, 6.45) is 3.50. The highest BCUT2D eigenvalue weighted by atomic mass is 14.9. The molecule has 0 aliphatic heterocycles. The fraction of sp³-hybridized carbons (Fsp3) is 0.529. The number of hydrogen-bond acceptors (Lipinski definition) is 1. The fourth-order valence-electron chi connectivity index (χ4n) is 2.66. The van der Waals surface area contributed by atoms with Crippen molar-refractivity contribution in [3.05, 3.63) is 35.9 Å². The molecule has 1 heteroatoms. The molecule has 0 saturated heterocycles. The average molecular weight is 241 g/mol. The molecule has 1 nitrogen and oxygen atoms in total. The summed E-state index contributed by atoms with van der Waals surface area (Å²) in [5.41, 5.74) is 1.50. The highest BCUT2D eigenvalue weighted by molar-refractivity contribution is 5.27. The molecule has 1 saturated carbocycles. The normalized spacial score (nSPS) is 23.0. The lowest BCUT2D eigenvalue weighted by atomic mass is 10.0. The first-order valence-electron chi connectivity index (χ1n) is 7.04. The molecule has 0 amide bonds. The van der Waals surface area contributed by atoms with E-state index in [0.717, 1.165) is 24.8 Å². The summed E-state index contributed by atoms with van der Waals surface area (Å²) >= 11 is 0. The van der Waals surface area contributed by atoms with Gasteiger partial charge in [-0.2, -0.15) is 0 Å². The summed E-state index contributed by atoms with van der Waals surface area (Å²) in [5, 5.41) is 3.66. The third-order valence-corrected chi connectivity index (χ3v) is 3.74. The third-order valence-electron chi connectivity index (χ3n) is 3.74. The lowest BCUT2D eigenvalue weighted by Crippen LogP contribution is -2.31. The SMILES string of the molecule is CC#CCC(NCCC)C1CC1c1ccccc1. The molecule has 0 radical (unpaired) electrons. The predicted octanol–water partition coefficient (Wildman–Crippen LogP) is 3.57. The zero-order valence-electron chi connectivity index (χ0n) is 11.4. The lowest BCUT2D eigenvalue weighted by molar-refractivity contribution is 0.463. The minimum atomic E-state index is 0.572. The van der Waals surface area contributed by atoms with Crippen molar-refractivity contribution in [1.29, 1.82) is 0 Å². The molecule has 1 aliphatic rings. The summed E-state index contributed by atoms with van der Waals surface area (Å²) < 4.78 is 0. The predicted molar refractivity (Wildman–Crippen MR) is 77.4 cm³/mol. The minimum Gasteiger partial charge on any atom is -0.313 e. The second-order valence-electron chi connectivity index (χ2n) is 5.11. The van der Waals surface area contributed by atoms with Crippen LogP contribution in [0.3, 0.4) is 0 Å². The Balaban J connectivity index is 1.94. The molecule has 0 aromatic heterocycles. The Bertz CT molecular complexity index is 412. The van der Waals surface area contributed by atoms with Crippen molar-refractivity contribution in [2.75, 3.05) is 6.54 Å². The first-order chi connectivity index (χ1) is 8.86. The van der Waals surface area contributed by atoms with E-state index in [1.807, 2.05) is 6.92 Å². The first-order valence-corrected chi connectivity index (χ1v) is 7.04. The van der Waals surface area contributed by atoms with Crippen LogP contribution in [0.4, 0.5) is 0 Å². The molecule has 3 unspecified atom stereocenters. The second-order valence-corrected chi connectivity index (χ2v) is 5.11. The highest BCUT2D eigenvalue weighted by Gasteiger charge is 2.42. The molecule has 2 rings (SSSR count). The van der Waals surface area contributed by atoms with E-state index in [1.54, 1.807) is 0 Å². The molecule has 18 heavy (non-hydrogen) atoms.